The van der Waals surface area contributed by atoms with E-state index in [0.29, 0.717) is 0 Å². The van der Waals surface area contributed by atoms with Crippen LogP contribution in [0.1, 0.15) is 25.7 Å². The predicted molar refractivity (Wildman–Crippen MR) is 36.1 cm³/mol. The topological polar surface area (TPSA) is 20.2 Å². The molecule has 0 aromatic carbocycles. The number of hydrogen-bond donors (Lipinski definition) is 1. The third-order valence-electron chi connectivity index (χ3n) is 1.82. The van der Waals surface area contributed by atoms with E-state index < -0.39 is 0 Å². The second kappa shape index (κ2) is 3.13. The van der Waals surface area contributed by atoms with Gasteiger partial charge in [-0.1, -0.05) is 25.7 Å². The summed E-state index contributed by atoms with van der Waals surface area (Å²) in [5.41, 5.74) is 0. The fourth-order valence-corrected chi connectivity index (χ4v) is 1.26. The van der Waals surface area contributed by atoms with E-state index in [1.54, 1.807) is 0 Å². The van der Waals surface area contributed by atoms with Gasteiger partial charge < -0.3 is 5.02 Å². The molecule has 46 valence electrons. The molecule has 8 heavy (non-hydrogen) atoms. The molecule has 0 radical (unpaired) electrons. The van der Waals surface area contributed by atoms with Crippen molar-refractivity contribution in [3.8, 4) is 0 Å². The van der Waals surface area contributed by atoms with Crippen molar-refractivity contribution in [2.45, 2.75) is 38.3 Å². The Labute approximate surface area is 51.2 Å². The van der Waals surface area contributed by atoms with Gasteiger partial charge in [0.15, 0.2) is 0 Å². The van der Waals surface area contributed by atoms with Crippen molar-refractivity contribution >= 4 is 6.92 Å². The fourth-order valence-electron chi connectivity index (χ4n) is 1.26. The second-order valence-electron chi connectivity index (χ2n) is 2.65. The molecule has 0 amide bonds. The van der Waals surface area contributed by atoms with Crippen LogP contribution < -0.4 is 0 Å². The minimum atomic E-state index is 0.0255. The molecule has 1 aliphatic rings. The van der Waals surface area contributed by atoms with Gasteiger partial charge in [-0.2, -0.15) is 0 Å². The Kier molecular flexibility index (Phi) is 2.41. The van der Waals surface area contributed by atoms with Crippen molar-refractivity contribution in [2.24, 2.45) is 0 Å². The SMILES string of the molecule is OB1CCCCCC1. The predicted octanol–water partition coefficient (Wildman–Crippen LogP) is 1.54. The van der Waals surface area contributed by atoms with E-state index in [-0.39, 0.29) is 6.92 Å². The largest absolute Gasteiger partial charge is 0.450 e. The molecule has 0 saturated carbocycles. The molecule has 0 aromatic rings. The molecule has 2 heteroatoms. The molecule has 1 fully saturated rings. The highest BCUT2D eigenvalue weighted by atomic mass is 16.2. The highest BCUT2D eigenvalue weighted by Crippen LogP contribution is 2.15. The summed E-state index contributed by atoms with van der Waals surface area (Å²) in [4.78, 5) is 0. The Morgan fingerprint density at radius 2 is 1.38 bits per heavy atom. The summed E-state index contributed by atoms with van der Waals surface area (Å²) < 4.78 is 0. The smallest absolute Gasteiger partial charge is 0.288 e. The zero-order valence-corrected chi connectivity index (χ0v) is 5.27. The van der Waals surface area contributed by atoms with Gasteiger partial charge in [-0.3, -0.25) is 0 Å². The normalized spacial score (nSPS) is 22.9. The third-order valence-corrected chi connectivity index (χ3v) is 1.82. The minimum absolute atomic E-state index is 0.0255. The average molecular weight is 112 g/mol. The summed E-state index contributed by atoms with van der Waals surface area (Å²) >= 11 is 0. The monoisotopic (exact) mass is 112 g/mol. The Morgan fingerprint density at radius 3 is 1.88 bits per heavy atom. The second-order valence-corrected chi connectivity index (χ2v) is 2.65. The maximum atomic E-state index is 9.09. The molecule has 0 bridgehead atoms. The molecule has 0 atom stereocenters. The van der Waals surface area contributed by atoms with Crippen molar-refractivity contribution in [3.05, 3.63) is 0 Å². The maximum Gasteiger partial charge on any atom is 0.288 e. The number of hydrogen-bond acceptors (Lipinski definition) is 1. The van der Waals surface area contributed by atoms with Gasteiger partial charge >= 0.3 is 0 Å². The van der Waals surface area contributed by atoms with Crippen LogP contribution in [0.5, 0.6) is 0 Å². The van der Waals surface area contributed by atoms with Crippen molar-refractivity contribution in [2.75, 3.05) is 0 Å². The van der Waals surface area contributed by atoms with Crippen molar-refractivity contribution < 1.29 is 5.02 Å². The van der Waals surface area contributed by atoms with E-state index >= 15 is 0 Å². The summed E-state index contributed by atoms with van der Waals surface area (Å²) in [7, 11) is 0. The van der Waals surface area contributed by atoms with E-state index in [2.05, 4.69) is 0 Å². The quantitative estimate of drug-likeness (QED) is 0.471. The van der Waals surface area contributed by atoms with Gasteiger partial charge in [0, 0.05) is 0 Å². The first-order valence-electron chi connectivity index (χ1n) is 3.57. The van der Waals surface area contributed by atoms with E-state index in [4.69, 9.17) is 5.02 Å². The molecule has 0 aromatic heterocycles. The average Bonchev–Trinajstić information content (AvgIpc) is 1.94. The van der Waals surface area contributed by atoms with E-state index in [1.807, 2.05) is 0 Å². The maximum absolute atomic E-state index is 9.09. The van der Waals surface area contributed by atoms with Gasteiger partial charge in [0.05, 0.1) is 0 Å². The first-order chi connectivity index (χ1) is 3.89. The van der Waals surface area contributed by atoms with Crippen LogP contribution in [-0.2, 0) is 0 Å². The highest BCUT2D eigenvalue weighted by Gasteiger charge is 2.12. The molecule has 1 rings (SSSR count). The summed E-state index contributed by atoms with van der Waals surface area (Å²) in [6.07, 6.45) is 7.22. The lowest BCUT2D eigenvalue weighted by atomic mass is 9.62. The first-order valence-corrected chi connectivity index (χ1v) is 3.57. The lowest BCUT2D eigenvalue weighted by molar-refractivity contribution is 0.565. The van der Waals surface area contributed by atoms with Crippen LogP contribution in [-0.4, -0.2) is 11.9 Å². The van der Waals surface area contributed by atoms with E-state index in [1.165, 1.54) is 25.7 Å². The molecule has 1 N–H and O–H groups in total. The molecule has 0 spiro atoms. The van der Waals surface area contributed by atoms with E-state index in [0.717, 1.165) is 12.6 Å². The van der Waals surface area contributed by atoms with E-state index in [9.17, 15) is 0 Å². The van der Waals surface area contributed by atoms with Crippen molar-refractivity contribution in [3.63, 3.8) is 0 Å². The van der Waals surface area contributed by atoms with Gasteiger partial charge in [0.25, 0.3) is 6.92 Å². The van der Waals surface area contributed by atoms with Crippen LogP contribution in [0.25, 0.3) is 0 Å². The molecule has 1 saturated heterocycles. The zero-order valence-electron chi connectivity index (χ0n) is 5.27. The highest BCUT2D eigenvalue weighted by molar-refractivity contribution is 6.50. The first kappa shape index (κ1) is 6.15. The fraction of sp³-hybridized carbons (Fsp3) is 1.00. The molecule has 1 heterocycles. The number of rotatable bonds is 0. The summed E-state index contributed by atoms with van der Waals surface area (Å²) in [6, 6.07) is 0. The molecule has 1 aliphatic heterocycles. The zero-order chi connectivity index (χ0) is 5.82. The Balaban J connectivity index is 2.17. The molecular formula is C6H13BO. The summed E-state index contributed by atoms with van der Waals surface area (Å²) in [5, 5.41) is 9.09. The Bertz CT molecular complexity index is 57.5. The van der Waals surface area contributed by atoms with Gasteiger partial charge in [-0.15, -0.1) is 0 Å². The van der Waals surface area contributed by atoms with Crippen molar-refractivity contribution in [1.29, 1.82) is 0 Å². The van der Waals surface area contributed by atoms with Gasteiger partial charge in [0.1, 0.15) is 0 Å². The van der Waals surface area contributed by atoms with Crippen molar-refractivity contribution in [1.82, 2.24) is 0 Å². The lowest BCUT2D eigenvalue weighted by Gasteiger charge is -1.96. The standard InChI is InChI=1S/C6H13BO/c8-7-5-3-1-2-4-6-7/h8H,1-6H2. The van der Waals surface area contributed by atoms with Crippen LogP contribution in [0.2, 0.25) is 12.6 Å². The summed E-state index contributed by atoms with van der Waals surface area (Å²) in [6.45, 7) is 0.0255. The van der Waals surface area contributed by atoms with Crippen LogP contribution >= 0.6 is 0 Å². The van der Waals surface area contributed by atoms with Crippen LogP contribution in [0.15, 0.2) is 0 Å². The molecule has 0 aliphatic carbocycles. The molecule has 1 nitrogen and oxygen atoms in total. The Hall–Kier alpha value is 0.0249. The van der Waals surface area contributed by atoms with Gasteiger partial charge in [-0.05, 0) is 12.6 Å². The molecular weight excluding hydrogens is 98.9 g/mol. The van der Waals surface area contributed by atoms with Crippen LogP contribution in [0.4, 0.5) is 0 Å². The van der Waals surface area contributed by atoms with Crippen LogP contribution in [0, 0.1) is 0 Å². The molecule has 0 unspecified atom stereocenters. The van der Waals surface area contributed by atoms with Gasteiger partial charge in [0.2, 0.25) is 0 Å². The van der Waals surface area contributed by atoms with Crippen LogP contribution in [0.3, 0.4) is 0 Å². The summed E-state index contributed by atoms with van der Waals surface area (Å²) in [5.74, 6) is 0. The lowest BCUT2D eigenvalue weighted by Crippen LogP contribution is -2.07. The van der Waals surface area contributed by atoms with Gasteiger partial charge in [-0.25, -0.2) is 0 Å². The third kappa shape index (κ3) is 1.87. The Morgan fingerprint density at radius 1 is 0.875 bits per heavy atom. The minimum Gasteiger partial charge on any atom is -0.450 e.